The molecule has 0 aliphatic carbocycles. The van der Waals surface area contributed by atoms with E-state index in [0.717, 1.165) is 18.2 Å². The molecule has 13 heteroatoms. The molecule has 0 saturated carbocycles. The van der Waals surface area contributed by atoms with Gasteiger partial charge in [0.1, 0.15) is 10.6 Å². The van der Waals surface area contributed by atoms with Crippen LogP contribution in [0.5, 0.6) is 5.75 Å². The summed E-state index contributed by atoms with van der Waals surface area (Å²) in [4.78, 5) is 11.0. The number of phenols is 1. The van der Waals surface area contributed by atoms with Gasteiger partial charge in [0.2, 0.25) is 0 Å². The van der Waals surface area contributed by atoms with E-state index in [1.54, 1.807) is 18.2 Å². The van der Waals surface area contributed by atoms with Crippen molar-refractivity contribution in [2.24, 2.45) is 10.2 Å². The number of carbonyl (C=O) groups excluding carboxylic acids is 1. The summed E-state index contributed by atoms with van der Waals surface area (Å²) < 4.78 is 65.9. The van der Waals surface area contributed by atoms with Crippen LogP contribution in [0.1, 0.15) is 10.4 Å². The quantitative estimate of drug-likeness (QED) is 0.327. The summed E-state index contributed by atoms with van der Waals surface area (Å²) in [5.74, 6) is -1.47. The van der Waals surface area contributed by atoms with Crippen molar-refractivity contribution in [3.63, 3.8) is 0 Å². The van der Waals surface area contributed by atoms with Crippen molar-refractivity contribution < 1.29 is 35.8 Å². The third-order valence-corrected chi connectivity index (χ3v) is 5.88. The number of rotatable bonds is 5. The average Bonchev–Trinajstić information content (AvgIpc) is 2.68. The van der Waals surface area contributed by atoms with Crippen LogP contribution in [0.4, 0.5) is 11.4 Å². The summed E-state index contributed by atoms with van der Waals surface area (Å²) in [6, 6.07) is 10.4. The van der Waals surface area contributed by atoms with E-state index in [0.29, 0.717) is 0 Å². The van der Waals surface area contributed by atoms with Crippen molar-refractivity contribution >= 4 is 48.3 Å². The van der Waals surface area contributed by atoms with Gasteiger partial charge in [0.15, 0.2) is 5.75 Å². The van der Waals surface area contributed by atoms with Crippen LogP contribution in [0, 0.1) is 0 Å². The number of carbonyl (C=O) groups is 1. The standard InChI is InChI=1S/C18H15N3O8S2/c1-19-21-16-14(31(27,28)29)8-11-7-12(30(24,25)26)9-13(15(11)17(16)22)20-18(23)10-5-3-2-4-6-10/h2-9,22H,1H3,(H,20,23)(H,24,25,26)(H,27,28,29)/b21-19+. The Morgan fingerprint density at radius 2 is 1.61 bits per heavy atom. The number of fused-ring (bicyclic) bond motifs is 1. The number of nitrogens with zero attached hydrogens (tertiary/aromatic N) is 2. The highest BCUT2D eigenvalue weighted by Crippen LogP contribution is 2.44. The van der Waals surface area contributed by atoms with Gasteiger partial charge in [-0.25, -0.2) is 0 Å². The number of amides is 1. The first-order chi connectivity index (χ1) is 14.4. The molecule has 4 N–H and O–H groups in total. The topological polar surface area (TPSA) is 183 Å². The number of benzene rings is 3. The first-order valence-electron chi connectivity index (χ1n) is 8.38. The molecule has 0 aromatic heterocycles. The van der Waals surface area contributed by atoms with Gasteiger partial charge < -0.3 is 10.4 Å². The first-order valence-corrected chi connectivity index (χ1v) is 11.3. The molecule has 11 nitrogen and oxygen atoms in total. The number of aromatic hydroxyl groups is 1. The number of nitrogens with one attached hydrogen (secondary N) is 1. The van der Waals surface area contributed by atoms with Crippen molar-refractivity contribution in [1.29, 1.82) is 0 Å². The zero-order valence-electron chi connectivity index (χ0n) is 15.7. The van der Waals surface area contributed by atoms with Crippen LogP contribution in [-0.2, 0) is 20.2 Å². The van der Waals surface area contributed by atoms with E-state index in [4.69, 9.17) is 0 Å². The molecule has 1 amide bonds. The minimum Gasteiger partial charge on any atom is -0.505 e. The van der Waals surface area contributed by atoms with E-state index in [-0.39, 0.29) is 22.0 Å². The van der Waals surface area contributed by atoms with E-state index in [9.17, 15) is 35.8 Å². The molecule has 0 unspecified atom stereocenters. The molecule has 0 aliphatic rings. The highest BCUT2D eigenvalue weighted by molar-refractivity contribution is 7.86. The highest BCUT2D eigenvalue weighted by Gasteiger charge is 2.25. The van der Waals surface area contributed by atoms with Crippen LogP contribution < -0.4 is 5.32 Å². The molecule has 3 aromatic carbocycles. The fraction of sp³-hybridized carbons (Fsp3) is 0.0556. The molecule has 0 aliphatic heterocycles. The normalized spacial score (nSPS) is 12.4. The number of hydrogen-bond acceptors (Lipinski definition) is 8. The van der Waals surface area contributed by atoms with E-state index in [2.05, 4.69) is 15.5 Å². The van der Waals surface area contributed by atoms with Crippen LogP contribution in [0.25, 0.3) is 10.8 Å². The smallest absolute Gasteiger partial charge is 0.296 e. The second kappa shape index (κ2) is 8.03. The first kappa shape index (κ1) is 22.3. The van der Waals surface area contributed by atoms with Gasteiger partial charge in [-0.3, -0.25) is 13.9 Å². The molecule has 0 heterocycles. The van der Waals surface area contributed by atoms with Crippen LogP contribution >= 0.6 is 0 Å². The molecule has 162 valence electrons. The predicted octanol–water partition coefficient (Wildman–Crippen LogP) is 3.00. The van der Waals surface area contributed by atoms with E-state index in [1.165, 1.54) is 19.2 Å². The number of phenolic OH excluding ortho intramolecular Hbond substituents is 1. The van der Waals surface area contributed by atoms with Crippen molar-refractivity contribution in [1.82, 2.24) is 0 Å². The van der Waals surface area contributed by atoms with E-state index in [1.807, 2.05) is 0 Å². The van der Waals surface area contributed by atoms with Gasteiger partial charge in [-0.1, -0.05) is 18.2 Å². The van der Waals surface area contributed by atoms with Gasteiger partial charge in [0.25, 0.3) is 26.1 Å². The van der Waals surface area contributed by atoms with Crippen molar-refractivity contribution in [3.8, 4) is 5.75 Å². The maximum absolute atomic E-state index is 12.6. The van der Waals surface area contributed by atoms with Crippen LogP contribution in [0.3, 0.4) is 0 Å². The average molecular weight is 465 g/mol. The lowest BCUT2D eigenvalue weighted by molar-refractivity contribution is 0.102. The fourth-order valence-electron chi connectivity index (χ4n) is 2.88. The van der Waals surface area contributed by atoms with Crippen molar-refractivity contribution in [3.05, 3.63) is 54.1 Å². The van der Waals surface area contributed by atoms with Gasteiger partial charge in [0, 0.05) is 18.0 Å². The summed E-state index contributed by atoms with van der Waals surface area (Å²) in [6.07, 6.45) is 0. The minimum absolute atomic E-state index is 0.188. The molecule has 3 rings (SSSR count). The van der Waals surface area contributed by atoms with Crippen molar-refractivity contribution in [2.45, 2.75) is 9.79 Å². The molecular formula is C18H15N3O8S2. The van der Waals surface area contributed by atoms with Gasteiger partial charge in [-0.05, 0) is 35.7 Å². The Morgan fingerprint density at radius 3 is 2.16 bits per heavy atom. The molecule has 0 atom stereocenters. The minimum atomic E-state index is -4.91. The Balaban J connectivity index is 2.39. The summed E-state index contributed by atoms with van der Waals surface area (Å²) >= 11 is 0. The largest absolute Gasteiger partial charge is 0.505 e. The van der Waals surface area contributed by atoms with E-state index < -0.39 is 47.4 Å². The zero-order valence-corrected chi connectivity index (χ0v) is 17.3. The second-order valence-corrected chi connectivity index (χ2v) is 9.02. The fourth-order valence-corrected chi connectivity index (χ4v) is 4.09. The Hall–Kier alpha value is -3.39. The van der Waals surface area contributed by atoms with Gasteiger partial charge in [-0.15, -0.1) is 0 Å². The molecular weight excluding hydrogens is 450 g/mol. The highest BCUT2D eigenvalue weighted by atomic mass is 32.2. The zero-order chi connectivity index (χ0) is 23.0. The Morgan fingerprint density at radius 1 is 0.968 bits per heavy atom. The number of hydrogen-bond donors (Lipinski definition) is 4. The lowest BCUT2D eigenvalue weighted by Crippen LogP contribution is -2.13. The molecule has 0 saturated heterocycles. The number of anilines is 1. The maximum atomic E-state index is 12.6. The second-order valence-electron chi connectivity index (χ2n) is 6.21. The molecule has 0 radical (unpaired) electrons. The summed E-state index contributed by atoms with van der Waals surface area (Å²) in [6.45, 7) is 0. The predicted molar refractivity (Wildman–Crippen MR) is 110 cm³/mol. The molecule has 0 spiro atoms. The molecule has 0 bridgehead atoms. The number of azo groups is 1. The van der Waals surface area contributed by atoms with Crippen LogP contribution in [0.2, 0.25) is 0 Å². The monoisotopic (exact) mass is 465 g/mol. The summed E-state index contributed by atoms with van der Waals surface area (Å²) in [7, 11) is -8.50. The third kappa shape index (κ3) is 4.54. The third-order valence-electron chi connectivity index (χ3n) is 4.18. The Bertz CT molecular complexity index is 1430. The molecule has 0 fully saturated rings. The lowest BCUT2D eigenvalue weighted by Gasteiger charge is -2.15. The Labute approximate surface area is 176 Å². The van der Waals surface area contributed by atoms with Crippen LogP contribution in [-0.4, -0.2) is 44.0 Å². The summed E-state index contributed by atoms with van der Waals surface area (Å²) in [5, 5.41) is 19.6. The summed E-state index contributed by atoms with van der Waals surface area (Å²) in [5.41, 5.74) is -0.673. The van der Waals surface area contributed by atoms with E-state index >= 15 is 0 Å². The van der Waals surface area contributed by atoms with Crippen LogP contribution in [0.15, 0.2) is 68.6 Å². The van der Waals surface area contributed by atoms with Gasteiger partial charge >= 0.3 is 0 Å². The SMILES string of the molecule is C/N=N/c1c(S(=O)(=O)O)cc2cc(S(=O)(=O)O)cc(NC(=O)c3ccccc3)c2c1O. The lowest BCUT2D eigenvalue weighted by atomic mass is 10.1. The molecule has 31 heavy (non-hydrogen) atoms. The van der Waals surface area contributed by atoms with Gasteiger partial charge in [0.05, 0.1) is 10.6 Å². The Kier molecular flexibility index (Phi) is 5.78. The van der Waals surface area contributed by atoms with Gasteiger partial charge in [-0.2, -0.15) is 27.1 Å². The van der Waals surface area contributed by atoms with Crippen molar-refractivity contribution in [2.75, 3.05) is 12.4 Å². The maximum Gasteiger partial charge on any atom is 0.296 e. The molecule has 3 aromatic rings.